The smallest absolute Gasteiger partial charge is 0.140 e. The molecule has 40 heavy (non-hydrogen) atoms. The number of hydrogen-bond acceptors (Lipinski definition) is 6. The largest absolute Gasteiger partial charge is 0.295 e. The van der Waals surface area contributed by atoms with Crippen molar-refractivity contribution in [2.45, 2.75) is 192 Å². The standard InChI is InChI=1S/C32H60ClN4O2P/c1-29(2)21-25(22-30(3,4)36(29)38-27-15-11-9-12-16-27)34-19-20-35(40(34)33)26-23-31(5,6)37(32(7,8)24-26)39-28-17-13-10-14-18-28/h25-28H,9-24H2,1-8H3. The van der Waals surface area contributed by atoms with Gasteiger partial charge in [-0.1, -0.05) is 49.8 Å². The Labute approximate surface area is 252 Å². The van der Waals surface area contributed by atoms with Gasteiger partial charge in [-0.3, -0.25) is 19.0 Å². The van der Waals surface area contributed by atoms with Gasteiger partial charge < -0.3 is 0 Å². The number of piperidine rings is 2. The second-order valence-electron chi connectivity index (χ2n) is 16.3. The molecule has 2 aliphatic carbocycles. The zero-order valence-electron chi connectivity index (χ0n) is 27.1. The van der Waals surface area contributed by atoms with Crippen molar-refractivity contribution in [1.82, 2.24) is 19.5 Å². The van der Waals surface area contributed by atoms with Crippen molar-refractivity contribution in [1.29, 1.82) is 0 Å². The third-order valence-corrected chi connectivity index (χ3v) is 13.6. The van der Waals surface area contributed by atoms with Gasteiger partial charge in [0.2, 0.25) is 0 Å². The summed E-state index contributed by atoms with van der Waals surface area (Å²) in [5.74, 6) is 0. The molecule has 0 atom stereocenters. The van der Waals surface area contributed by atoms with Crippen LogP contribution in [0.3, 0.4) is 0 Å². The Hall–Kier alpha value is 0.480. The summed E-state index contributed by atoms with van der Waals surface area (Å²) in [5, 5.41) is 4.79. The summed E-state index contributed by atoms with van der Waals surface area (Å²) in [5.41, 5.74) is -0.0709. The SMILES string of the molecule is CC1(C)CC(N2CCN(C3CC(C)(C)N(OC4CCCCC4)C(C)(C)C3)P2Cl)CC(C)(C)N1OC1CCCCC1. The zero-order valence-corrected chi connectivity index (χ0v) is 28.7. The highest BCUT2D eigenvalue weighted by molar-refractivity contribution is 7.80. The fourth-order valence-electron chi connectivity index (χ4n) is 9.20. The lowest BCUT2D eigenvalue weighted by Gasteiger charge is -2.57. The molecule has 0 aromatic carbocycles. The normalized spacial score (nSPS) is 32.6. The maximum atomic E-state index is 7.49. The predicted octanol–water partition coefficient (Wildman–Crippen LogP) is 8.64. The van der Waals surface area contributed by atoms with E-state index >= 15 is 0 Å². The van der Waals surface area contributed by atoms with Crippen molar-refractivity contribution in [3.8, 4) is 0 Å². The summed E-state index contributed by atoms with van der Waals surface area (Å²) < 4.78 is 5.37. The first-order valence-electron chi connectivity index (χ1n) is 16.6. The molecule has 3 saturated heterocycles. The second-order valence-corrected chi connectivity index (χ2v) is 18.7. The molecule has 5 rings (SSSR count). The maximum absolute atomic E-state index is 7.49. The van der Waals surface area contributed by atoms with Crippen molar-refractivity contribution >= 4 is 18.8 Å². The zero-order chi connectivity index (χ0) is 28.9. The van der Waals surface area contributed by atoms with Crippen LogP contribution in [-0.4, -0.2) is 79.0 Å². The van der Waals surface area contributed by atoms with E-state index in [9.17, 15) is 0 Å². The summed E-state index contributed by atoms with van der Waals surface area (Å²) in [4.78, 5) is 13.6. The average molecular weight is 599 g/mol. The number of halogens is 1. The van der Waals surface area contributed by atoms with Crippen LogP contribution in [0.5, 0.6) is 0 Å². The number of rotatable bonds is 6. The van der Waals surface area contributed by atoms with Crippen LogP contribution < -0.4 is 0 Å². The van der Waals surface area contributed by atoms with E-state index in [1.54, 1.807) is 0 Å². The summed E-state index contributed by atoms with van der Waals surface area (Å²) in [6, 6.07) is 0.973. The molecule has 0 radical (unpaired) electrons. The second kappa shape index (κ2) is 12.1. The number of hydroxylamine groups is 4. The molecule has 0 aromatic rings. The molecule has 2 saturated carbocycles. The van der Waals surface area contributed by atoms with E-state index in [0.717, 1.165) is 38.8 Å². The first-order valence-corrected chi connectivity index (χ1v) is 18.8. The molecule has 0 aromatic heterocycles. The van der Waals surface area contributed by atoms with Crippen LogP contribution in [0, 0.1) is 0 Å². The Morgan fingerprint density at radius 1 is 0.525 bits per heavy atom. The minimum Gasteiger partial charge on any atom is -0.295 e. The Kier molecular flexibility index (Phi) is 9.65. The first-order chi connectivity index (χ1) is 18.7. The number of nitrogens with zero attached hydrogens (tertiary/aromatic N) is 4. The van der Waals surface area contributed by atoms with Gasteiger partial charge in [-0.2, -0.15) is 10.1 Å². The van der Waals surface area contributed by atoms with Crippen molar-refractivity contribution < 1.29 is 9.68 Å². The van der Waals surface area contributed by atoms with Crippen LogP contribution in [0.2, 0.25) is 0 Å². The Balaban J connectivity index is 1.24. The third kappa shape index (κ3) is 6.75. The van der Waals surface area contributed by atoms with Gasteiger partial charge in [-0.15, -0.1) is 0 Å². The van der Waals surface area contributed by atoms with Gasteiger partial charge >= 0.3 is 0 Å². The van der Waals surface area contributed by atoms with Gasteiger partial charge in [0, 0.05) is 47.3 Å². The predicted molar refractivity (Wildman–Crippen MR) is 168 cm³/mol. The molecule has 5 aliphatic rings. The van der Waals surface area contributed by atoms with Gasteiger partial charge in [0.25, 0.3) is 0 Å². The van der Waals surface area contributed by atoms with E-state index in [-0.39, 0.29) is 22.2 Å². The summed E-state index contributed by atoms with van der Waals surface area (Å²) >= 11 is 7.49. The molecule has 0 N–H and O–H groups in total. The molecule has 8 heteroatoms. The molecule has 0 unspecified atom stereocenters. The van der Waals surface area contributed by atoms with Gasteiger partial charge in [-0.25, -0.2) is 0 Å². The summed E-state index contributed by atoms with van der Waals surface area (Å²) in [7, 11) is -0.844. The molecule has 6 nitrogen and oxygen atoms in total. The lowest BCUT2D eigenvalue weighted by Crippen LogP contribution is -2.64. The van der Waals surface area contributed by atoms with Gasteiger partial charge in [0.15, 0.2) is 0 Å². The van der Waals surface area contributed by atoms with Crippen LogP contribution in [0.1, 0.15) is 145 Å². The molecular formula is C32H60ClN4O2P. The minimum atomic E-state index is -0.844. The van der Waals surface area contributed by atoms with Crippen molar-refractivity contribution in [2.24, 2.45) is 0 Å². The highest BCUT2D eigenvalue weighted by Crippen LogP contribution is 2.60. The van der Waals surface area contributed by atoms with E-state index in [2.05, 4.69) is 74.9 Å². The van der Waals surface area contributed by atoms with Crippen LogP contribution in [0.25, 0.3) is 0 Å². The third-order valence-electron chi connectivity index (χ3n) is 10.6. The fraction of sp³-hybridized carbons (Fsp3) is 1.00. The molecule has 0 amide bonds. The molecule has 232 valence electrons. The Morgan fingerprint density at radius 2 is 0.825 bits per heavy atom. The van der Waals surface area contributed by atoms with Crippen LogP contribution in [0.15, 0.2) is 0 Å². The molecule has 5 fully saturated rings. The van der Waals surface area contributed by atoms with E-state index in [1.807, 2.05) is 0 Å². The van der Waals surface area contributed by atoms with Crippen molar-refractivity contribution in [3.05, 3.63) is 0 Å². The van der Waals surface area contributed by atoms with Gasteiger partial charge in [0.05, 0.1) is 12.2 Å². The van der Waals surface area contributed by atoms with Crippen molar-refractivity contribution in [2.75, 3.05) is 13.1 Å². The van der Waals surface area contributed by atoms with Gasteiger partial charge in [0.1, 0.15) is 7.58 Å². The Morgan fingerprint density at radius 3 is 1.12 bits per heavy atom. The number of hydrogen-bond donors (Lipinski definition) is 0. The van der Waals surface area contributed by atoms with E-state index in [1.165, 1.54) is 64.2 Å². The lowest BCUT2D eigenvalue weighted by molar-refractivity contribution is -0.312. The van der Waals surface area contributed by atoms with Crippen LogP contribution >= 0.6 is 18.8 Å². The van der Waals surface area contributed by atoms with E-state index < -0.39 is 7.58 Å². The van der Waals surface area contributed by atoms with E-state index in [0.29, 0.717) is 24.3 Å². The molecule has 3 heterocycles. The van der Waals surface area contributed by atoms with Gasteiger partial charge in [-0.05, 0) is 107 Å². The average Bonchev–Trinajstić information content (AvgIpc) is 3.25. The minimum absolute atomic E-state index is 0.0177. The molecular weight excluding hydrogens is 539 g/mol. The summed E-state index contributed by atoms with van der Waals surface area (Å²) in [6.45, 7) is 21.3. The molecule has 0 spiro atoms. The Bertz CT molecular complexity index is 754. The molecule has 3 aliphatic heterocycles. The van der Waals surface area contributed by atoms with E-state index in [4.69, 9.17) is 20.9 Å². The monoisotopic (exact) mass is 598 g/mol. The summed E-state index contributed by atoms with van der Waals surface area (Å²) in [6.07, 6.45) is 18.0. The van der Waals surface area contributed by atoms with Crippen LogP contribution in [0.4, 0.5) is 0 Å². The highest BCUT2D eigenvalue weighted by Gasteiger charge is 2.54. The quantitative estimate of drug-likeness (QED) is 0.284. The first kappa shape index (κ1) is 31.9. The lowest BCUT2D eigenvalue weighted by atomic mass is 9.78. The highest BCUT2D eigenvalue weighted by atomic mass is 35.7. The molecule has 0 bridgehead atoms. The van der Waals surface area contributed by atoms with Crippen LogP contribution in [-0.2, 0) is 9.68 Å². The maximum Gasteiger partial charge on any atom is 0.140 e. The topological polar surface area (TPSA) is 31.4 Å². The fourth-order valence-corrected chi connectivity index (χ4v) is 12.1. The van der Waals surface area contributed by atoms with Crippen molar-refractivity contribution in [3.63, 3.8) is 0 Å².